The number of amides is 1. The Kier molecular flexibility index (Phi) is 5.79. The highest BCUT2D eigenvalue weighted by molar-refractivity contribution is 5.89. The van der Waals surface area contributed by atoms with Gasteiger partial charge in [0.25, 0.3) is 0 Å². The number of ether oxygens (including phenoxy) is 2. The first-order chi connectivity index (χ1) is 8.26. The Morgan fingerprint density at radius 1 is 1.12 bits per heavy atom. The molecule has 1 amide bonds. The van der Waals surface area contributed by atoms with Crippen LogP contribution in [0.3, 0.4) is 0 Å². The zero-order valence-corrected chi connectivity index (χ0v) is 10.2. The van der Waals surface area contributed by atoms with Gasteiger partial charge in [-0.1, -0.05) is 30.3 Å². The molecule has 1 aromatic rings. The standard InChI is InChI=1S/C13H17NO3/c1-3-16-12(14-13(15)17-4-2)10-11-8-6-5-7-9-11/h5-9H,3-4,10H2,1-2H3/b14-12+. The van der Waals surface area contributed by atoms with Gasteiger partial charge in [0.2, 0.25) is 0 Å². The summed E-state index contributed by atoms with van der Waals surface area (Å²) in [7, 11) is 0. The SMILES string of the molecule is CCOC(=O)/N=C(\Cc1ccccc1)OCC. The van der Waals surface area contributed by atoms with Crippen LogP contribution < -0.4 is 0 Å². The van der Waals surface area contributed by atoms with Crippen LogP contribution in [0.1, 0.15) is 19.4 Å². The van der Waals surface area contributed by atoms with Crippen molar-refractivity contribution in [3.05, 3.63) is 35.9 Å². The zero-order valence-electron chi connectivity index (χ0n) is 10.2. The minimum Gasteiger partial charge on any atom is -0.481 e. The number of rotatable bonds is 4. The molecule has 0 spiro atoms. The zero-order chi connectivity index (χ0) is 12.5. The fourth-order valence-corrected chi connectivity index (χ4v) is 1.32. The number of hydrogen-bond acceptors (Lipinski definition) is 3. The molecule has 0 N–H and O–H groups in total. The minimum absolute atomic E-state index is 0.313. The molecule has 17 heavy (non-hydrogen) atoms. The number of nitrogens with zero attached hydrogens (tertiary/aromatic N) is 1. The summed E-state index contributed by atoms with van der Waals surface area (Å²) in [5.41, 5.74) is 1.05. The van der Waals surface area contributed by atoms with Gasteiger partial charge >= 0.3 is 6.09 Å². The van der Waals surface area contributed by atoms with Crippen molar-refractivity contribution < 1.29 is 14.3 Å². The Labute approximate surface area is 101 Å². The summed E-state index contributed by atoms with van der Waals surface area (Å²) in [6, 6.07) is 9.72. The molecule has 0 saturated heterocycles. The van der Waals surface area contributed by atoms with Crippen LogP contribution in [0.15, 0.2) is 35.3 Å². The number of hydrogen-bond donors (Lipinski definition) is 0. The second-order valence-corrected chi connectivity index (χ2v) is 3.30. The third kappa shape index (κ3) is 5.15. The molecule has 1 aromatic carbocycles. The Bertz CT molecular complexity index is 374. The van der Waals surface area contributed by atoms with E-state index < -0.39 is 6.09 Å². The van der Waals surface area contributed by atoms with Gasteiger partial charge in [-0.05, 0) is 19.4 Å². The van der Waals surface area contributed by atoms with Crippen molar-refractivity contribution >= 4 is 12.0 Å². The molecule has 0 heterocycles. The van der Waals surface area contributed by atoms with Crippen molar-refractivity contribution in [2.24, 2.45) is 4.99 Å². The second-order valence-electron chi connectivity index (χ2n) is 3.30. The molecule has 1 rings (SSSR count). The molecule has 0 atom stereocenters. The number of carbonyl (C=O) groups excluding carboxylic acids is 1. The molecule has 0 aliphatic rings. The summed E-state index contributed by atoms with van der Waals surface area (Å²) in [5.74, 6) is 0.386. The van der Waals surface area contributed by atoms with Crippen molar-refractivity contribution in [3.63, 3.8) is 0 Å². The van der Waals surface area contributed by atoms with Gasteiger partial charge in [0.15, 0.2) is 5.90 Å². The van der Waals surface area contributed by atoms with Crippen molar-refractivity contribution in [3.8, 4) is 0 Å². The van der Waals surface area contributed by atoms with E-state index in [2.05, 4.69) is 4.99 Å². The van der Waals surface area contributed by atoms with Crippen molar-refractivity contribution in [1.29, 1.82) is 0 Å². The van der Waals surface area contributed by atoms with E-state index in [1.165, 1.54) is 0 Å². The van der Waals surface area contributed by atoms with Gasteiger partial charge in [0.1, 0.15) is 0 Å². The summed E-state index contributed by atoms with van der Waals surface area (Å²) in [5, 5.41) is 0. The van der Waals surface area contributed by atoms with E-state index in [1.807, 2.05) is 37.3 Å². The highest BCUT2D eigenvalue weighted by Gasteiger charge is 2.06. The first-order valence-corrected chi connectivity index (χ1v) is 5.67. The third-order valence-electron chi connectivity index (χ3n) is 1.99. The Morgan fingerprint density at radius 3 is 2.35 bits per heavy atom. The van der Waals surface area contributed by atoms with Gasteiger partial charge in [-0.2, -0.15) is 0 Å². The maximum Gasteiger partial charge on any atom is 0.436 e. The maximum atomic E-state index is 11.2. The maximum absolute atomic E-state index is 11.2. The first kappa shape index (κ1) is 13.2. The highest BCUT2D eigenvalue weighted by atomic mass is 16.6. The molecular formula is C13H17NO3. The fourth-order valence-electron chi connectivity index (χ4n) is 1.32. The van der Waals surface area contributed by atoms with E-state index in [1.54, 1.807) is 6.92 Å². The molecule has 0 fully saturated rings. The molecule has 0 unspecified atom stereocenters. The van der Waals surface area contributed by atoms with E-state index in [4.69, 9.17) is 9.47 Å². The lowest BCUT2D eigenvalue weighted by molar-refractivity contribution is 0.162. The van der Waals surface area contributed by atoms with Gasteiger partial charge in [0, 0.05) is 6.42 Å². The van der Waals surface area contributed by atoms with E-state index in [0.29, 0.717) is 25.5 Å². The van der Waals surface area contributed by atoms with Gasteiger partial charge < -0.3 is 9.47 Å². The summed E-state index contributed by atoms with van der Waals surface area (Å²) in [6.07, 6.45) is -0.111. The van der Waals surface area contributed by atoms with Gasteiger partial charge in [-0.3, -0.25) is 0 Å². The molecule has 0 bridgehead atoms. The van der Waals surface area contributed by atoms with E-state index in [9.17, 15) is 4.79 Å². The van der Waals surface area contributed by atoms with Crippen LogP contribution in [-0.2, 0) is 15.9 Å². The van der Waals surface area contributed by atoms with Crippen LogP contribution in [0.4, 0.5) is 4.79 Å². The summed E-state index contributed by atoms with van der Waals surface area (Å²) < 4.78 is 10.1. The lowest BCUT2D eigenvalue weighted by Gasteiger charge is -2.07. The Hall–Kier alpha value is -1.84. The molecule has 4 nitrogen and oxygen atoms in total. The molecule has 4 heteroatoms. The smallest absolute Gasteiger partial charge is 0.436 e. The van der Waals surface area contributed by atoms with Crippen LogP contribution in [0, 0.1) is 0 Å². The van der Waals surface area contributed by atoms with E-state index in [0.717, 1.165) is 5.56 Å². The largest absolute Gasteiger partial charge is 0.481 e. The topological polar surface area (TPSA) is 47.9 Å². The Morgan fingerprint density at radius 2 is 1.76 bits per heavy atom. The predicted octanol–water partition coefficient (Wildman–Crippen LogP) is 2.82. The molecule has 0 radical (unpaired) electrons. The molecule has 0 saturated carbocycles. The van der Waals surface area contributed by atoms with E-state index >= 15 is 0 Å². The number of aliphatic imine (C=N–C) groups is 1. The van der Waals surface area contributed by atoms with Crippen LogP contribution in [0.25, 0.3) is 0 Å². The molecule has 0 aromatic heterocycles. The Balaban J connectivity index is 2.69. The number of benzene rings is 1. The highest BCUT2D eigenvalue weighted by Crippen LogP contribution is 2.03. The number of carbonyl (C=O) groups is 1. The quantitative estimate of drug-likeness (QED) is 0.595. The van der Waals surface area contributed by atoms with Gasteiger partial charge in [-0.25, -0.2) is 4.79 Å². The predicted molar refractivity (Wildman–Crippen MR) is 66.2 cm³/mol. The average molecular weight is 235 g/mol. The lowest BCUT2D eigenvalue weighted by atomic mass is 10.1. The van der Waals surface area contributed by atoms with Crippen LogP contribution in [-0.4, -0.2) is 25.2 Å². The fraction of sp³-hybridized carbons (Fsp3) is 0.385. The molecule has 0 aliphatic carbocycles. The van der Waals surface area contributed by atoms with Gasteiger partial charge in [-0.15, -0.1) is 4.99 Å². The second kappa shape index (κ2) is 7.44. The van der Waals surface area contributed by atoms with Gasteiger partial charge in [0.05, 0.1) is 13.2 Å². The monoisotopic (exact) mass is 235 g/mol. The summed E-state index contributed by atoms with van der Waals surface area (Å²) in [6.45, 7) is 4.38. The minimum atomic E-state index is -0.605. The van der Waals surface area contributed by atoms with Crippen molar-refractivity contribution in [1.82, 2.24) is 0 Å². The van der Waals surface area contributed by atoms with E-state index in [-0.39, 0.29) is 0 Å². The normalized spacial score (nSPS) is 11.1. The molecule has 92 valence electrons. The molecular weight excluding hydrogens is 218 g/mol. The van der Waals surface area contributed by atoms with Crippen LogP contribution in [0.2, 0.25) is 0 Å². The van der Waals surface area contributed by atoms with Crippen LogP contribution >= 0.6 is 0 Å². The lowest BCUT2D eigenvalue weighted by Crippen LogP contribution is -2.12. The molecule has 0 aliphatic heterocycles. The summed E-state index contributed by atoms with van der Waals surface area (Å²) >= 11 is 0. The third-order valence-corrected chi connectivity index (χ3v) is 1.99. The summed E-state index contributed by atoms with van der Waals surface area (Å²) in [4.78, 5) is 15.0. The average Bonchev–Trinajstić information content (AvgIpc) is 2.31. The van der Waals surface area contributed by atoms with Crippen LogP contribution in [0.5, 0.6) is 0 Å². The van der Waals surface area contributed by atoms with Crippen molar-refractivity contribution in [2.75, 3.05) is 13.2 Å². The first-order valence-electron chi connectivity index (χ1n) is 5.67. The van der Waals surface area contributed by atoms with Crippen molar-refractivity contribution in [2.45, 2.75) is 20.3 Å².